The lowest BCUT2D eigenvalue weighted by molar-refractivity contribution is -0.00720. The van der Waals surface area contributed by atoms with Crippen molar-refractivity contribution in [1.29, 1.82) is 0 Å². The van der Waals surface area contributed by atoms with Crippen LogP contribution in [0.1, 0.15) is 64.4 Å². The van der Waals surface area contributed by atoms with Crippen molar-refractivity contribution in [1.82, 2.24) is 0 Å². The number of unbranched alkanes of at least 4 members (excludes halogenated alkanes) is 2. The molecule has 6 heteroatoms. The molecular formula is C33H34F4O2. The van der Waals surface area contributed by atoms with Crippen LogP contribution in [0, 0.1) is 41.0 Å². The second kappa shape index (κ2) is 13.7. The molecule has 0 aliphatic carbocycles. The summed E-state index contributed by atoms with van der Waals surface area (Å²) in [5, 5.41) is 0. The van der Waals surface area contributed by atoms with Crippen LogP contribution in [-0.2, 0) is 4.74 Å². The Kier molecular flexibility index (Phi) is 10.1. The van der Waals surface area contributed by atoms with E-state index in [0.29, 0.717) is 24.2 Å². The fourth-order valence-corrected chi connectivity index (χ4v) is 4.73. The fraction of sp³-hybridized carbons (Fsp3) is 0.394. The van der Waals surface area contributed by atoms with Crippen LogP contribution in [0.2, 0.25) is 0 Å². The molecule has 3 aromatic carbocycles. The van der Waals surface area contributed by atoms with Gasteiger partial charge in [-0.25, -0.2) is 13.2 Å². The lowest BCUT2D eigenvalue weighted by Gasteiger charge is -2.26. The molecule has 1 aliphatic rings. The highest BCUT2D eigenvalue weighted by molar-refractivity contribution is 5.72. The first kappa shape index (κ1) is 28.7. The van der Waals surface area contributed by atoms with Gasteiger partial charge < -0.3 is 9.47 Å². The van der Waals surface area contributed by atoms with Crippen molar-refractivity contribution in [2.24, 2.45) is 5.92 Å². The lowest BCUT2D eigenvalue weighted by atomic mass is 9.95. The third-order valence-corrected chi connectivity index (χ3v) is 7.01. The van der Waals surface area contributed by atoms with E-state index in [-0.39, 0.29) is 41.1 Å². The Bertz CT molecular complexity index is 1320. The highest BCUT2D eigenvalue weighted by Crippen LogP contribution is 2.33. The molecule has 1 saturated heterocycles. The fourth-order valence-electron chi connectivity index (χ4n) is 4.73. The molecule has 1 aliphatic heterocycles. The molecule has 4 rings (SSSR count). The first-order chi connectivity index (χ1) is 18.9. The zero-order valence-electron chi connectivity index (χ0n) is 22.5. The van der Waals surface area contributed by atoms with Gasteiger partial charge in [0.2, 0.25) is 5.82 Å². The van der Waals surface area contributed by atoms with Crippen molar-refractivity contribution < 1.29 is 27.0 Å². The molecule has 2 nitrogen and oxygen atoms in total. The zero-order chi connectivity index (χ0) is 27.8. The smallest absolute Gasteiger partial charge is 0.201 e. The number of hydrogen-bond acceptors (Lipinski definition) is 2. The van der Waals surface area contributed by atoms with E-state index < -0.39 is 23.3 Å². The van der Waals surface area contributed by atoms with Gasteiger partial charge in [-0.3, -0.25) is 0 Å². The third-order valence-electron chi connectivity index (χ3n) is 7.01. The first-order valence-electron chi connectivity index (χ1n) is 13.8. The second-order valence-corrected chi connectivity index (χ2v) is 9.95. The predicted molar refractivity (Wildman–Crippen MR) is 146 cm³/mol. The molecule has 2 unspecified atom stereocenters. The van der Waals surface area contributed by atoms with E-state index >= 15 is 4.39 Å². The van der Waals surface area contributed by atoms with Crippen LogP contribution in [0.3, 0.4) is 0 Å². The van der Waals surface area contributed by atoms with Crippen LogP contribution < -0.4 is 4.74 Å². The summed E-state index contributed by atoms with van der Waals surface area (Å²) in [5.41, 5.74) is 0.937. The maximum absolute atomic E-state index is 15.0. The van der Waals surface area contributed by atoms with Crippen LogP contribution in [0.25, 0.3) is 22.3 Å². The molecule has 0 bridgehead atoms. The van der Waals surface area contributed by atoms with Crippen molar-refractivity contribution in [3.05, 3.63) is 77.4 Å². The van der Waals surface area contributed by atoms with Gasteiger partial charge in [-0.15, -0.1) is 0 Å². The van der Waals surface area contributed by atoms with Crippen LogP contribution >= 0.6 is 0 Å². The topological polar surface area (TPSA) is 18.5 Å². The van der Waals surface area contributed by atoms with Gasteiger partial charge in [0.05, 0.1) is 24.9 Å². The predicted octanol–water partition coefficient (Wildman–Crippen LogP) is 9.09. The summed E-state index contributed by atoms with van der Waals surface area (Å²) in [4.78, 5) is 0. The number of benzene rings is 3. The Morgan fingerprint density at radius 1 is 0.769 bits per heavy atom. The third kappa shape index (κ3) is 7.02. The quantitative estimate of drug-likeness (QED) is 0.154. The van der Waals surface area contributed by atoms with Crippen molar-refractivity contribution in [3.63, 3.8) is 0 Å². The summed E-state index contributed by atoms with van der Waals surface area (Å²) in [6, 6.07) is 12.0. The standard InChI is InChI=1S/C33H34F4O2/c1-3-5-6-7-26-16-9-22(21-39-26)8-10-25-15-17-27(31(35)30(25)34)23-11-13-24(14-12-23)28-18-19-29(38-20-4-2)33(37)32(28)36/h11-15,17-19,22,26H,3-7,9,16,20-21H2,1-2H3. The van der Waals surface area contributed by atoms with E-state index in [2.05, 4.69) is 18.8 Å². The highest BCUT2D eigenvalue weighted by Gasteiger charge is 2.21. The second-order valence-electron chi connectivity index (χ2n) is 9.95. The molecule has 3 aromatic rings. The van der Waals surface area contributed by atoms with Crippen molar-refractivity contribution in [2.45, 2.75) is 64.9 Å². The van der Waals surface area contributed by atoms with Gasteiger partial charge >= 0.3 is 0 Å². The molecule has 0 N–H and O–H groups in total. The van der Waals surface area contributed by atoms with Gasteiger partial charge in [0.1, 0.15) is 0 Å². The van der Waals surface area contributed by atoms with Crippen LogP contribution in [-0.4, -0.2) is 19.3 Å². The average Bonchev–Trinajstić information content (AvgIpc) is 2.96. The van der Waals surface area contributed by atoms with Gasteiger partial charge in [-0.1, -0.05) is 69.2 Å². The first-order valence-corrected chi connectivity index (χ1v) is 13.8. The van der Waals surface area contributed by atoms with Gasteiger partial charge in [0, 0.05) is 17.0 Å². The maximum Gasteiger partial charge on any atom is 0.201 e. The van der Waals surface area contributed by atoms with Crippen molar-refractivity contribution in [3.8, 4) is 39.8 Å². The molecule has 0 aromatic heterocycles. The van der Waals surface area contributed by atoms with Gasteiger partial charge in [-0.2, -0.15) is 4.39 Å². The summed E-state index contributed by atoms with van der Waals surface area (Å²) < 4.78 is 70.1. The molecule has 1 fully saturated rings. The maximum atomic E-state index is 15.0. The minimum atomic E-state index is -1.05. The van der Waals surface area contributed by atoms with Crippen molar-refractivity contribution in [2.75, 3.05) is 13.2 Å². The summed E-state index contributed by atoms with van der Waals surface area (Å²) >= 11 is 0. The van der Waals surface area contributed by atoms with E-state index in [4.69, 9.17) is 9.47 Å². The molecular weight excluding hydrogens is 504 g/mol. The van der Waals surface area contributed by atoms with Crippen LogP contribution in [0.15, 0.2) is 48.5 Å². The highest BCUT2D eigenvalue weighted by atomic mass is 19.2. The van der Waals surface area contributed by atoms with Crippen LogP contribution in [0.4, 0.5) is 17.6 Å². The number of rotatable bonds is 9. The van der Waals surface area contributed by atoms with Crippen LogP contribution in [0.5, 0.6) is 5.75 Å². The molecule has 206 valence electrons. The zero-order valence-corrected chi connectivity index (χ0v) is 22.5. The van der Waals surface area contributed by atoms with Crippen molar-refractivity contribution >= 4 is 0 Å². The van der Waals surface area contributed by atoms with E-state index in [1.807, 2.05) is 6.92 Å². The average molecular weight is 539 g/mol. The number of ether oxygens (including phenoxy) is 2. The summed E-state index contributed by atoms with van der Waals surface area (Å²) in [7, 11) is 0. The molecule has 0 saturated carbocycles. The summed E-state index contributed by atoms with van der Waals surface area (Å²) in [6.07, 6.45) is 7.36. The largest absolute Gasteiger partial charge is 0.490 e. The molecule has 1 heterocycles. The number of hydrogen-bond donors (Lipinski definition) is 0. The summed E-state index contributed by atoms with van der Waals surface area (Å²) in [5.74, 6) is 1.62. The van der Waals surface area contributed by atoms with Gasteiger partial charge in [-0.05, 0) is 61.1 Å². The Hall–Kier alpha value is -3.30. The summed E-state index contributed by atoms with van der Waals surface area (Å²) in [6.45, 7) is 4.84. The molecule has 0 spiro atoms. The number of halogens is 4. The molecule has 0 radical (unpaired) electrons. The van der Waals surface area contributed by atoms with Gasteiger partial charge in [0.25, 0.3) is 0 Å². The monoisotopic (exact) mass is 538 g/mol. The Morgan fingerprint density at radius 2 is 1.44 bits per heavy atom. The Balaban J connectivity index is 1.45. The normalized spacial score (nSPS) is 17.0. The molecule has 39 heavy (non-hydrogen) atoms. The Labute approximate surface area is 228 Å². The van der Waals surface area contributed by atoms with E-state index in [0.717, 1.165) is 25.7 Å². The van der Waals surface area contributed by atoms with Gasteiger partial charge in [0.15, 0.2) is 23.2 Å². The SMILES string of the molecule is CCCCCC1CCC(C#Cc2ccc(-c3ccc(-c4ccc(OCCC)c(F)c4F)cc3)c(F)c2F)CO1. The molecule has 2 atom stereocenters. The van der Waals surface area contributed by atoms with E-state index in [9.17, 15) is 13.2 Å². The molecule has 0 amide bonds. The lowest BCUT2D eigenvalue weighted by Crippen LogP contribution is -2.25. The minimum absolute atomic E-state index is 0.000359. The minimum Gasteiger partial charge on any atom is -0.490 e. The van der Waals surface area contributed by atoms with E-state index in [1.54, 1.807) is 24.3 Å². The van der Waals surface area contributed by atoms with E-state index in [1.165, 1.54) is 37.1 Å². The Morgan fingerprint density at radius 3 is 2.05 bits per heavy atom.